The third-order valence-electron chi connectivity index (χ3n) is 3.25. The van der Waals surface area contributed by atoms with Gasteiger partial charge in [-0.1, -0.05) is 17.7 Å². The first-order chi connectivity index (χ1) is 9.26. The third kappa shape index (κ3) is 3.38. The Bertz CT molecular complexity index is 473. The highest BCUT2D eigenvalue weighted by Crippen LogP contribution is 2.32. The minimum Gasteiger partial charge on any atom is -0.394 e. The van der Waals surface area contributed by atoms with Crippen LogP contribution in [0.3, 0.4) is 0 Å². The topological polar surface area (TPSA) is 56.5 Å². The Hall–Kier alpha value is -1.28. The highest BCUT2D eigenvalue weighted by atomic mass is 35.5. The van der Waals surface area contributed by atoms with Crippen LogP contribution in [0.1, 0.15) is 18.4 Å². The van der Waals surface area contributed by atoms with Crippen LogP contribution in [-0.4, -0.2) is 37.5 Å². The van der Waals surface area contributed by atoms with Gasteiger partial charge in [0.15, 0.2) is 0 Å². The van der Waals surface area contributed by atoms with Crippen molar-refractivity contribution in [1.29, 1.82) is 5.26 Å². The van der Waals surface area contributed by atoms with Crippen molar-refractivity contribution in [3.63, 3.8) is 0 Å². The Balaban J connectivity index is 2.15. The van der Waals surface area contributed by atoms with Gasteiger partial charge in [-0.05, 0) is 25.0 Å². The summed E-state index contributed by atoms with van der Waals surface area (Å²) in [6, 6.07) is 7.55. The van der Waals surface area contributed by atoms with Crippen molar-refractivity contribution in [3.05, 3.63) is 28.8 Å². The molecule has 0 spiro atoms. The molecule has 1 N–H and O–H groups in total. The zero-order chi connectivity index (χ0) is 13.7. The van der Waals surface area contributed by atoms with Crippen molar-refractivity contribution in [2.24, 2.45) is 0 Å². The van der Waals surface area contributed by atoms with Gasteiger partial charge in [0, 0.05) is 13.1 Å². The number of nitrogens with zero attached hydrogens (tertiary/aromatic N) is 2. The number of halogens is 1. The molecular formula is C14H17ClN2O2. The Labute approximate surface area is 118 Å². The second kappa shape index (κ2) is 6.76. The van der Waals surface area contributed by atoms with Gasteiger partial charge in [0.2, 0.25) is 0 Å². The summed E-state index contributed by atoms with van der Waals surface area (Å²) < 4.78 is 5.58. The van der Waals surface area contributed by atoms with Crippen LogP contribution in [0.2, 0.25) is 5.02 Å². The lowest BCUT2D eigenvalue weighted by atomic mass is 10.1. The Morgan fingerprint density at radius 1 is 1.53 bits per heavy atom. The Morgan fingerprint density at radius 3 is 3.11 bits per heavy atom. The molecular weight excluding hydrogens is 264 g/mol. The normalized spacial score (nSPS) is 19.2. The fraction of sp³-hybridized carbons (Fsp3) is 0.500. The molecule has 0 aromatic heterocycles. The van der Waals surface area contributed by atoms with E-state index in [0.29, 0.717) is 23.7 Å². The first-order valence-electron chi connectivity index (χ1n) is 6.42. The highest BCUT2D eigenvalue weighted by Gasteiger charge is 2.23. The Kier molecular flexibility index (Phi) is 5.03. The molecule has 1 aliphatic rings. The maximum Gasteiger partial charge on any atom is 0.101 e. The highest BCUT2D eigenvalue weighted by molar-refractivity contribution is 6.33. The predicted octanol–water partition coefficient (Wildman–Crippen LogP) is 2.19. The molecule has 1 aromatic carbocycles. The van der Waals surface area contributed by atoms with Gasteiger partial charge in [-0.2, -0.15) is 5.26 Å². The minimum atomic E-state index is 0.0338. The lowest BCUT2D eigenvalue weighted by molar-refractivity contribution is 0.0214. The van der Waals surface area contributed by atoms with E-state index in [1.807, 2.05) is 0 Å². The van der Waals surface area contributed by atoms with Crippen molar-refractivity contribution in [2.45, 2.75) is 18.9 Å². The molecule has 0 aliphatic carbocycles. The Morgan fingerprint density at radius 2 is 2.37 bits per heavy atom. The largest absolute Gasteiger partial charge is 0.394 e. The van der Waals surface area contributed by atoms with Crippen molar-refractivity contribution in [1.82, 2.24) is 0 Å². The van der Waals surface area contributed by atoms with Crippen LogP contribution in [0.15, 0.2) is 18.2 Å². The summed E-state index contributed by atoms with van der Waals surface area (Å²) >= 11 is 6.22. The molecule has 1 heterocycles. The molecule has 5 heteroatoms. The van der Waals surface area contributed by atoms with E-state index in [-0.39, 0.29) is 12.7 Å². The van der Waals surface area contributed by atoms with E-state index in [0.717, 1.165) is 25.1 Å². The van der Waals surface area contributed by atoms with Gasteiger partial charge in [0.1, 0.15) is 6.07 Å². The molecule has 0 bridgehead atoms. The number of nitriles is 1. The molecule has 1 aliphatic heterocycles. The predicted molar refractivity (Wildman–Crippen MR) is 74.4 cm³/mol. The van der Waals surface area contributed by atoms with Gasteiger partial charge in [-0.3, -0.25) is 0 Å². The van der Waals surface area contributed by atoms with Crippen LogP contribution >= 0.6 is 11.6 Å². The summed E-state index contributed by atoms with van der Waals surface area (Å²) in [5, 5.41) is 18.6. The molecule has 1 aromatic rings. The fourth-order valence-corrected chi connectivity index (χ4v) is 2.72. The number of rotatable bonds is 4. The first kappa shape index (κ1) is 14.1. The monoisotopic (exact) mass is 280 g/mol. The van der Waals surface area contributed by atoms with Crippen molar-refractivity contribution < 1.29 is 9.84 Å². The maximum atomic E-state index is 9.18. The van der Waals surface area contributed by atoms with Gasteiger partial charge in [0.05, 0.1) is 35.6 Å². The van der Waals surface area contributed by atoms with Gasteiger partial charge in [-0.25, -0.2) is 0 Å². The van der Waals surface area contributed by atoms with Gasteiger partial charge < -0.3 is 14.7 Å². The molecule has 4 nitrogen and oxygen atoms in total. The molecule has 19 heavy (non-hydrogen) atoms. The van der Waals surface area contributed by atoms with Crippen LogP contribution in [0.4, 0.5) is 5.69 Å². The quantitative estimate of drug-likeness (QED) is 0.918. The molecule has 1 fully saturated rings. The molecule has 0 unspecified atom stereocenters. The van der Waals surface area contributed by atoms with E-state index in [2.05, 4.69) is 11.0 Å². The summed E-state index contributed by atoms with van der Waals surface area (Å²) in [5.41, 5.74) is 1.39. The van der Waals surface area contributed by atoms with E-state index in [1.54, 1.807) is 18.2 Å². The second-order valence-electron chi connectivity index (χ2n) is 4.55. The van der Waals surface area contributed by atoms with Crippen LogP contribution in [-0.2, 0) is 4.74 Å². The average molecular weight is 281 g/mol. The number of aliphatic hydroxyl groups is 1. The SMILES string of the molecule is N#Cc1cccc(Cl)c1N1CCC[C@@H](OCCO)C1. The van der Waals surface area contributed by atoms with Gasteiger partial charge in [-0.15, -0.1) is 0 Å². The fourth-order valence-electron chi connectivity index (χ4n) is 2.42. The van der Waals surface area contributed by atoms with E-state index in [9.17, 15) is 5.26 Å². The number of aliphatic hydroxyl groups excluding tert-OH is 1. The number of piperidine rings is 1. The number of para-hydroxylation sites is 1. The van der Waals surface area contributed by atoms with E-state index < -0.39 is 0 Å². The van der Waals surface area contributed by atoms with Crippen molar-refractivity contribution in [2.75, 3.05) is 31.2 Å². The molecule has 1 saturated heterocycles. The maximum absolute atomic E-state index is 9.18. The number of hydrogen-bond acceptors (Lipinski definition) is 4. The lowest BCUT2D eigenvalue weighted by Crippen LogP contribution is -2.40. The molecule has 1 atom stereocenters. The number of hydrogen-bond donors (Lipinski definition) is 1. The first-order valence-corrected chi connectivity index (χ1v) is 6.80. The molecule has 102 valence electrons. The zero-order valence-electron chi connectivity index (χ0n) is 10.7. The van der Waals surface area contributed by atoms with Crippen molar-refractivity contribution >= 4 is 17.3 Å². The number of benzene rings is 1. The van der Waals surface area contributed by atoms with Crippen LogP contribution in [0.25, 0.3) is 0 Å². The van der Waals surface area contributed by atoms with E-state index in [4.69, 9.17) is 21.4 Å². The summed E-state index contributed by atoms with van der Waals surface area (Å²) in [6.07, 6.45) is 2.05. The molecule has 0 amide bonds. The average Bonchev–Trinajstić information content (AvgIpc) is 2.45. The summed E-state index contributed by atoms with van der Waals surface area (Å²) in [7, 11) is 0. The van der Waals surface area contributed by atoms with Crippen molar-refractivity contribution in [3.8, 4) is 6.07 Å². The van der Waals surface area contributed by atoms with E-state index in [1.165, 1.54) is 0 Å². The minimum absolute atomic E-state index is 0.0338. The van der Waals surface area contributed by atoms with Gasteiger partial charge >= 0.3 is 0 Å². The standard InChI is InChI=1S/C14H17ClN2O2/c15-13-5-1-3-11(9-16)14(13)17-6-2-4-12(10-17)19-8-7-18/h1,3,5,12,18H,2,4,6-8,10H2/t12-/m1/s1. The number of ether oxygens (including phenoxy) is 1. The van der Waals surface area contributed by atoms with Crippen LogP contribution in [0.5, 0.6) is 0 Å². The zero-order valence-corrected chi connectivity index (χ0v) is 11.4. The molecule has 2 rings (SSSR count). The number of anilines is 1. The molecule has 0 radical (unpaired) electrons. The van der Waals surface area contributed by atoms with Gasteiger partial charge in [0.25, 0.3) is 0 Å². The van der Waals surface area contributed by atoms with Crippen LogP contribution in [0, 0.1) is 11.3 Å². The third-order valence-corrected chi connectivity index (χ3v) is 3.55. The summed E-state index contributed by atoms with van der Waals surface area (Å²) in [5.74, 6) is 0. The second-order valence-corrected chi connectivity index (χ2v) is 4.96. The van der Waals surface area contributed by atoms with E-state index >= 15 is 0 Å². The lowest BCUT2D eigenvalue weighted by Gasteiger charge is -2.35. The van der Waals surface area contributed by atoms with Crippen LogP contribution < -0.4 is 4.90 Å². The summed E-state index contributed by atoms with van der Waals surface area (Å²) in [4.78, 5) is 2.10. The smallest absolute Gasteiger partial charge is 0.101 e. The molecule has 0 saturated carbocycles. The summed E-state index contributed by atoms with van der Waals surface area (Å²) in [6.45, 7) is 1.97.